The molecule has 1 amide bonds. The topological polar surface area (TPSA) is 107 Å². The molecule has 0 aliphatic carbocycles. The third-order valence-corrected chi connectivity index (χ3v) is 8.05. The second-order valence-electron chi connectivity index (χ2n) is 8.54. The Bertz CT molecular complexity index is 1690. The number of alkyl halides is 3. The van der Waals surface area contributed by atoms with Crippen LogP contribution >= 0.6 is 11.6 Å². The summed E-state index contributed by atoms with van der Waals surface area (Å²) in [7, 11) is -4.38. The van der Waals surface area contributed by atoms with Crippen LogP contribution in [0.2, 0.25) is 5.02 Å². The first-order chi connectivity index (χ1) is 18.6. The van der Waals surface area contributed by atoms with Crippen molar-refractivity contribution in [1.82, 2.24) is 15.3 Å². The van der Waals surface area contributed by atoms with E-state index in [1.807, 2.05) is 0 Å². The van der Waals surface area contributed by atoms with E-state index in [0.29, 0.717) is 17.0 Å². The summed E-state index contributed by atoms with van der Waals surface area (Å²) in [5.74, 6) is -1.04. The quantitative estimate of drug-likeness (QED) is 0.330. The molecule has 4 aromatic rings. The molecule has 1 atom stereocenters. The number of pyridine rings is 2. The number of fused-ring (bicyclic) bond motifs is 2. The molecule has 0 fully saturated rings. The number of hydrogen-bond acceptors (Lipinski definition) is 7. The van der Waals surface area contributed by atoms with Gasteiger partial charge in [0.25, 0.3) is 5.91 Å². The van der Waals surface area contributed by atoms with Gasteiger partial charge in [0.05, 0.1) is 29.6 Å². The van der Waals surface area contributed by atoms with Crippen molar-refractivity contribution in [2.24, 2.45) is 0 Å². The second kappa shape index (κ2) is 10.7. The minimum atomic E-state index is -4.38. The van der Waals surface area contributed by atoms with E-state index >= 15 is 0 Å². The van der Waals surface area contributed by atoms with E-state index in [1.54, 1.807) is 42.6 Å². The molecular weight excluding hydrogens is 559 g/mol. The van der Waals surface area contributed by atoms with Gasteiger partial charge in [-0.2, -0.15) is 8.78 Å². The Morgan fingerprint density at radius 3 is 2.77 bits per heavy atom. The predicted octanol–water partition coefficient (Wildman–Crippen LogP) is 5.33. The van der Waals surface area contributed by atoms with E-state index in [-0.39, 0.29) is 41.8 Å². The van der Waals surface area contributed by atoms with Crippen molar-refractivity contribution >= 4 is 38.1 Å². The van der Waals surface area contributed by atoms with E-state index < -0.39 is 32.8 Å². The van der Waals surface area contributed by atoms with Crippen molar-refractivity contribution in [2.75, 3.05) is 6.61 Å². The Kier molecular flexibility index (Phi) is 7.32. The van der Waals surface area contributed by atoms with Crippen molar-refractivity contribution in [2.45, 2.75) is 30.0 Å². The van der Waals surface area contributed by atoms with Gasteiger partial charge in [0, 0.05) is 35.2 Å². The van der Waals surface area contributed by atoms with Gasteiger partial charge in [-0.05, 0) is 35.7 Å². The molecule has 39 heavy (non-hydrogen) atoms. The predicted molar refractivity (Wildman–Crippen MR) is 136 cm³/mol. The number of ether oxygens (including phenoxy) is 2. The number of nitrogens with one attached hydrogen (secondary N) is 1. The molecule has 2 aromatic heterocycles. The van der Waals surface area contributed by atoms with Crippen molar-refractivity contribution < 1.29 is 35.9 Å². The fourth-order valence-corrected chi connectivity index (χ4v) is 5.78. The van der Waals surface area contributed by atoms with Crippen LogP contribution in [0.25, 0.3) is 22.0 Å². The first-order valence-corrected chi connectivity index (χ1v) is 13.5. The van der Waals surface area contributed by atoms with Crippen LogP contribution in [0.4, 0.5) is 13.2 Å². The minimum Gasteiger partial charge on any atom is -0.490 e. The van der Waals surface area contributed by atoms with E-state index in [2.05, 4.69) is 20.0 Å². The zero-order valence-corrected chi connectivity index (χ0v) is 21.5. The first-order valence-electron chi connectivity index (χ1n) is 11.6. The summed E-state index contributed by atoms with van der Waals surface area (Å²) in [5, 5.41) is 4.07. The number of rotatable bonds is 6. The average molecular weight is 578 g/mol. The van der Waals surface area contributed by atoms with Gasteiger partial charge in [0.1, 0.15) is 4.90 Å². The third-order valence-electron chi connectivity index (χ3n) is 5.94. The smallest absolute Gasteiger partial charge is 0.388 e. The maximum absolute atomic E-state index is 14.2. The molecule has 1 aliphatic heterocycles. The highest BCUT2D eigenvalue weighted by Crippen LogP contribution is 2.38. The van der Waals surface area contributed by atoms with Gasteiger partial charge in [-0.25, -0.2) is 17.8 Å². The summed E-state index contributed by atoms with van der Waals surface area (Å²) in [4.78, 5) is 20.8. The molecule has 1 aliphatic rings. The van der Waals surface area contributed by atoms with Crippen LogP contribution in [0, 0.1) is 0 Å². The van der Waals surface area contributed by atoms with Crippen LogP contribution in [0.5, 0.6) is 11.6 Å². The van der Waals surface area contributed by atoms with Crippen LogP contribution in [0.15, 0.2) is 65.7 Å². The summed E-state index contributed by atoms with van der Waals surface area (Å²) in [5.41, 5.74) is -0.695. The summed E-state index contributed by atoms with van der Waals surface area (Å²) < 4.78 is 74.1. The fourth-order valence-electron chi connectivity index (χ4n) is 4.05. The lowest BCUT2D eigenvalue weighted by Crippen LogP contribution is -2.24. The van der Waals surface area contributed by atoms with Crippen molar-refractivity contribution in [1.29, 1.82) is 0 Å². The van der Waals surface area contributed by atoms with Gasteiger partial charge < -0.3 is 14.8 Å². The molecular formula is C26H19ClF3N3O5S. The van der Waals surface area contributed by atoms with Crippen LogP contribution < -0.4 is 14.8 Å². The van der Waals surface area contributed by atoms with Gasteiger partial charge in [-0.3, -0.25) is 9.78 Å². The normalized spacial score (nSPS) is 16.3. The van der Waals surface area contributed by atoms with Gasteiger partial charge in [0.15, 0.2) is 5.75 Å². The molecule has 202 valence electrons. The molecule has 0 saturated carbocycles. The molecule has 5 rings (SSSR count). The van der Waals surface area contributed by atoms with Crippen molar-refractivity contribution in [3.05, 3.63) is 77.1 Å². The maximum atomic E-state index is 14.2. The Hall–Kier alpha value is -3.90. The number of nitrogens with zero attached hydrogens (tertiary/aromatic N) is 2. The van der Waals surface area contributed by atoms with Crippen molar-refractivity contribution in [3.8, 4) is 22.9 Å². The maximum Gasteiger partial charge on any atom is 0.388 e. The van der Waals surface area contributed by atoms with E-state index in [9.17, 15) is 26.4 Å². The van der Waals surface area contributed by atoms with Crippen LogP contribution in [-0.2, 0) is 16.4 Å². The number of sulfone groups is 1. The lowest BCUT2D eigenvalue weighted by molar-refractivity contribution is -0.0527. The molecule has 0 saturated heterocycles. The average Bonchev–Trinajstić information content (AvgIpc) is 3.02. The number of carbonyl (C=O) groups excluding carboxylic acids is 1. The number of carbonyl (C=O) groups is 1. The Balaban J connectivity index is 1.36. The zero-order valence-electron chi connectivity index (χ0n) is 19.9. The molecule has 3 heterocycles. The Labute approximate surface area is 225 Å². The largest absolute Gasteiger partial charge is 0.490 e. The fraction of sp³-hybridized carbons (Fsp3) is 0.192. The molecule has 0 radical (unpaired) electrons. The summed E-state index contributed by atoms with van der Waals surface area (Å²) in [6.07, 6.45) is 1.25. The highest BCUT2D eigenvalue weighted by Gasteiger charge is 2.35. The van der Waals surface area contributed by atoms with Crippen molar-refractivity contribution in [3.63, 3.8) is 0 Å². The highest BCUT2D eigenvalue weighted by atomic mass is 35.5. The lowest BCUT2D eigenvalue weighted by Gasteiger charge is -2.12. The molecule has 2 aromatic carbocycles. The highest BCUT2D eigenvalue weighted by molar-refractivity contribution is 7.92. The van der Waals surface area contributed by atoms with Crippen LogP contribution in [0.1, 0.15) is 22.5 Å². The van der Waals surface area contributed by atoms with E-state index in [0.717, 1.165) is 16.8 Å². The molecule has 1 N–H and O–H groups in total. The molecule has 8 nitrogen and oxygen atoms in total. The lowest BCUT2D eigenvalue weighted by atomic mass is 10.1. The van der Waals surface area contributed by atoms with E-state index in [4.69, 9.17) is 16.3 Å². The second-order valence-corrected chi connectivity index (χ2v) is 11.0. The van der Waals surface area contributed by atoms with Gasteiger partial charge >= 0.3 is 6.61 Å². The van der Waals surface area contributed by atoms with Gasteiger partial charge in [-0.1, -0.05) is 29.8 Å². The van der Waals surface area contributed by atoms with Crippen LogP contribution in [0.3, 0.4) is 0 Å². The Morgan fingerprint density at radius 1 is 1.15 bits per heavy atom. The summed E-state index contributed by atoms with van der Waals surface area (Å²) >= 11 is 6.17. The van der Waals surface area contributed by atoms with Gasteiger partial charge in [0.2, 0.25) is 21.2 Å². The number of aromatic nitrogens is 2. The SMILES string of the molecule is O=C(NCc1cc2cc(-c3cccc(OC(F)F)n3)ccc2cn1)c1cc(Cl)c2c(c1)S(=O)(=O)[C@@H](F)CCO2. The number of halogens is 4. The first kappa shape index (κ1) is 26.7. The van der Waals surface area contributed by atoms with E-state index in [1.165, 1.54) is 12.1 Å². The number of hydrogen-bond donors (Lipinski definition) is 1. The number of benzene rings is 2. The molecule has 0 bridgehead atoms. The van der Waals surface area contributed by atoms with Gasteiger partial charge in [-0.15, -0.1) is 0 Å². The monoisotopic (exact) mass is 577 g/mol. The summed E-state index contributed by atoms with van der Waals surface area (Å²) in [6.45, 7) is -3.18. The molecule has 0 spiro atoms. The molecule has 0 unspecified atom stereocenters. The van der Waals surface area contributed by atoms with Crippen LogP contribution in [-0.4, -0.2) is 43.0 Å². The molecule has 13 heteroatoms. The minimum absolute atomic E-state index is 0.0152. The third kappa shape index (κ3) is 5.62. The Morgan fingerprint density at radius 2 is 1.97 bits per heavy atom. The number of amides is 1. The summed E-state index contributed by atoms with van der Waals surface area (Å²) in [6, 6.07) is 13.9. The zero-order chi connectivity index (χ0) is 27.7. The standard InChI is InChI=1S/C26H19ClF3N3O5S/c27-19-10-17(11-21-24(19)37-7-6-22(28)39(21,35)36)25(34)32-13-18-9-16-8-14(4-5-15(16)12-31-18)20-2-1-3-23(33-20)38-26(29)30/h1-5,8-12,22,26H,6-7,13H2,(H,32,34)/t22-/m1/s1.